The number of nitrogen functional groups attached to an aromatic ring is 1. The zero-order valence-corrected chi connectivity index (χ0v) is 21.4. The number of imidazole rings is 1. The molecule has 1 aromatic carbocycles. The smallest absolute Gasteiger partial charge is 0.211 e. The van der Waals surface area contributed by atoms with Crippen LogP contribution in [-0.2, 0) is 23.0 Å². The number of nitrogens with two attached hydrogens (primary N) is 1. The fourth-order valence-electron chi connectivity index (χ4n) is 3.64. The maximum absolute atomic E-state index is 12.2. The Morgan fingerprint density at radius 2 is 2.06 bits per heavy atom. The van der Waals surface area contributed by atoms with Crippen LogP contribution in [0.2, 0.25) is 0 Å². The van der Waals surface area contributed by atoms with Crippen LogP contribution in [0.25, 0.3) is 11.2 Å². The molecule has 12 heteroatoms. The van der Waals surface area contributed by atoms with Crippen LogP contribution < -0.4 is 10.5 Å². The number of nitrogens with one attached hydrogen (secondary N) is 1. The first-order valence-electron chi connectivity index (χ1n) is 10.1. The fraction of sp³-hybridized carbons (Fsp3) is 0.400. The zero-order valence-electron chi connectivity index (χ0n) is 17.6. The molecule has 0 atom stereocenters. The maximum Gasteiger partial charge on any atom is 0.211 e. The molecule has 0 radical (unpaired) electrons. The van der Waals surface area contributed by atoms with Crippen molar-refractivity contribution < 1.29 is 13.2 Å². The lowest BCUT2D eigenvalue weighted by molar-refractivity contribution is 0.0994. The van der Waals surface area contributed by atoms with E-state index in [-0.39, 0.29) is 29.8 Å². The topological polar surface area (TPSA) is 133 Å². The third-order valence-electron chi connectivity index (χ3n) is 5.02. The molecule has 9 nitrogen and oxygen atoms in total. The van der Waals surface area contributed by atoms with Crippen LogP contribution in [0, 0.1) is 9.49 Å². The highest BCUT2D eigenvalue weighted by molar-refractivity contribution is 14.1. The highest BCUT2D eigenvalue weighted by atomic mass is 127. The maximum atomic E-state index is 12.2. The summed E-state index contributed by atoms with van der Waals surface area (Å²) in [4.78, 5) is 26.1. The molecular weight excluding hydrogens is 563 g/mol. The summed E-state index contributed by atoms with van der Waals surface area (Å²) < 4.78 is 30.0. The van der Waals surface area contributed by atoms with Gasteiger partial charge in [-0.25, -0.2) is 28.1 Å². The lowest BCUT2D eigenvalue weighted by atomic mass is 10.1. The molecule has 0 fully saturated rings. The van der Waals surface area contributed by atoms with Crippen molar-refractivity contribution in [2.45, 2.75) is 43.3 Å². The molecule has 2 heterocycles. The number of aryl methyl sites for hydroxylation is 1. The quantitative estimate of drug-likeness (QED) is 0.385. The Morgan fingerprint density at radius 1 is 1.28 bits per heavy atom. The van der Waals surface area contributed by atoms with Gasteiger partial charge in [0.25, 0.3) is 0 Å². The first-order valence-corrected chi connectivity index (χ1v) is 13.7. The summed E-state index contributed by atoms with van der Waals surface area (Å²) in [7, 11) is -3.37. The third-order valence-corrected chi connectivity index (χ3v) is 9.08. The SMILES string of the molecule is CC(C)CS(=O)(=O)NCCn1c(Sc2cc3c(cc2I)CCC3=O)nc2c(N)ncnc21. The molecular formula is C20H23IN6O3S2. The third kappa shape index (κ3) is 4.92. The van der Waals surface area contributed by atoms with Crippen LogP contribution in [0.15, 0.2) is 28.5 Å². The summed E-state index contributed by atoms with van der Waals surface area (Å²) in [6, 6.07) is 3.96. The van der Waals surface area contributed by atoms with Gasteiger partial charge in [0.05, 0.1) is 5.75 Å². The van der Waals surface area contributed by atoms with Crippen LogP contribution in [0.3, 0.4) is 0 Å². The van der Waals surface area contributed by atoms with E-state index in [1.54, 1.807) is 0 Å². The number of hydrogen-bond acceptors (Lipinski definition) is 8. The predicted molar refractivity (Wildman–Crippen MR) is 132 cm³/mol. The Balaban J connectivity index is 1.66. The number of Topliss-reactive ketones (excluding diaryl/α,β-unsaturated/α-hetero) is 1. The van der Waals surface area contributed by atoms with E-state index in [2.05, 4.69) is 42.3 Å². The van der Waals surface area contributed by atoms with Gasteiger partial charge in [-0.3, -0.25) is 4.79 Å². The second kappa shape index (κ2) is 9.23. The van der Waals surface area contributed by atoms with Crippen molar-refractivity contribution in [2.75, 3.05) is 18.0 Å². The minimum atomic E-state index is -3.37. The number of carbonyl (C=O) groups is 1. The Hall–Kier alpha value is -1.77. The standard InChI is InChI=1S/C20H23IN6O3S2/c1-11(2)9-32(29,30)25-5-6-27-19-17(18(22)23-10-24-19)26-20(27)31-16-8-13-12(7-14(16)21)3-4-15(13)28/h7-8,10-11,25H,3-6,9H2,1-2H3,(H2,22,23,24). The van der Waals surface area contributed by atoms with Gasteiger partial charge in [-0.05, 0) is 52.6 Å². The molecule has 170 valence electrons. The fourth-order valence-corrected chi connectivity index (χ4v) is 6.86. The second-order valence-electron chi connectivity index (χ2n) is 8.01. The van der Waals surface area contributed by atoms with E-state index in [9.17, 15) is 13.2 Å². The van der Waals surface area contributed by atoms with Gasteiger partial charge >= 0.3 is 0 Å². The van der Waals surface area contributed by atoms with Crippen LogP contribution in [0.4, 0.5) is 5.82 Å². The number of hydrogen-bond donors (Lipinski definition) is 2. The second-order valence-corrected chi connectivity index (χ2v) is 12.0. The lowest BCUT2D eigenvalue weighted by Crippen LogP contribution is -2.31. The van der Waals surface area contributed by atoms with Crippen LogP contribution in [0.1, 0.15) is 36.2 Å². The first-order chi connectivity index (χ1) is 15.1. The van der Waals surface area contributed by atoms with Gasteiger partial charge in [0.15, 0.2) is 27.9 Å². The van der Waals surface area contributed by atoms with E-state index in [1.165, 1.54) is 18.1 Å². The van der Waals surface area contributed by atoms with Crippen molar-refractivity contribution in [3.05, 3.63) is 33.2 Å². The van der Waals surface area contributed by atoms with Crippen molar-refractivity contribution in [3.8, 4) is 0 Å². The number of rotatable bonds is 8. The van der Waals surface area contributed by atoms with Gasteiger partial charge in [0.2, 0.25) is 10.0 Å². The normalized spacial score (nSPS) is 13.9. The minimum absolute atomic E-state index is 0.0322. The molecule has 0 saturated carbocycles. The van der Waals surface area contributed by atoms with Gasteiger partial charge < -0.3 is 10.3 Å². The summed E-state index contributed by atoms with van der Waals surface area (Å²) in [6.07, 6.45) is 2.68. The molecule has 0 unspecified atom stereocenters. The molecule has 0 bridgehead atoms. The number of halogens is 1. The average Bonchev–Trinajstić information content (AvgIpc) is 3.23. The van der Waals surface area contributed by atoms with E-state index in [0.29, 0.717) is 29.3 Å². The predicted octanol–water partition coefficient (Wildman–Crippen LogP) is 2.87. The number of fused-ring (bicyclic) bond motifs is 2. The molecule has 1 aliphatic carbocycles. The van der Waals surface area contributed by atoms with E-state index in [1.807, 2.05) is 30.5 Å². The molecule has 1 aliphatic rings. The molecule has 3 aromatic rings. The van der Waals surface area contributed by atoms with Gasteiger partial charge in [0.1, 0.15) is 6.33 Å². The number of ketones is 1. The minimum Gasteiger partial charge on any atom is -0.382 e. The first kappa shape index (κ1) is 23.4. The number of benzene rings is 1. The molecule has 0 aliphatic heterocycles. The number of carbonyl (C=O) groups excluding carboxylic acids is 1. The van der Waals surface area contributed by atoms with Crippen molar-refractivity contribution in [2.24, 2.45) is 5.92 Å². The summed E-state index contributed by atoms with van der Waals surface area (Å²) in [6.45, 7) is 4.24. The monoisotopic (exact) mass is 586 g/mol. The largest absolute Gasteiger partial charge is 0.382 e. The molecule has 2 aromatic heterocycles. The van der Waals surface area contributed by atoms with Crippen LogP contribution in [-0.4, -0.2) is 46.0 Å². The van der Waals surface area contributed by atoms with Crippen LogP contribution >= 0.6 is 34.4 Å². The number of nitrogens with zero attached hydrogens (tertiary/aromatic N) is 4. The Morgan fingerprint density at radius 3 is 2.81 bits per heavy atom. The van der Waals surface area contributed by atoms with Gasteiger partial charge in [-0.15, -0.1) is 0 Å². The zero-order chi connectivity index (χ0) is 23.0. The number of sulfonamides is 1. The van der Waals surface area contributed by atoms with E-state index >= 15 is 0 Å². The molecule has 0 saturated heterocycles. The average molecular weight is 586 g/mol. The molecule has 0 spiro atoms. The highest BCUT2D eigenvalue weighted by Crippen LogP contribution is 2.37. The van der Waals surface area contributed by atoms with Crippen molar-refractivity contribution in [3.63, 3.8) is 0 Å². The van der Waals surface area contributed by atoms with Crippen molar-refractivity contribution in [1.82, 2.24) is 24.2 Å². The molecule has 32 heavy (non-hydrogen) atoms. The summed E-state index contributed by atoms with van der Waals surface area (Å²) >= 11 is 3.66. The van der Waals surface area contributed by atoms with Crippen LogP contribution in [0.5, 0.6) is 0 Å². The highest BCUT2D eigenvalue weighted by Gasteiger charge is 2.23. The lowest BCUT2D eigenvalue weighted by Gasteiger charge is -2.12. The molecule has 4 rings (SSSR count). The number of aromatic nitrogens is 4. The van der Waals surface area contributed by atoms with Gasteiger partial charge in [-0.2, -0.15) is 0 Å². The summed E-state index contributed by atoms with van der Waals surface area (Å²) in [5, 5.41) is 0.610. The van der Waals surface area contributed by atoms with Crippen molar-refractivity contribution in [1.29, 1.82) is 0 Å². The van der Waals surface area contributed by atoms with Gasteiger partial charge in [-0.1, -0.05) is 25.6 Å². The Labute approximate surface area is 204 Å². The molecule has 3 N–H and O–H groups in total. The summed E-state index contributed by atoms with van der Waals surface area (Å²) in [5.74, 6) is 0.511. The van der Waals surface area contributed by atoms with Crippen molar-refractivity contribution >= 4 is 67.1 Å². The van der Waals surface area contributed by atoms with E-state index < -0.39 is 10.0 Å². The van der Waals surface area contributed by atoms with E-state index in [0.717, 1.165) is 26.0 Å². The van der Waals surface area contributed by atoms with Gasteiger partial charge in [0, 0.05) is 33.5 Å². The van der Waals surface area contributed by atoms with E-state index in [4.69, 9.17) is 5.73 Å². The molecule has 0 amide bonds. The number of anilines is 1. The Bertz CT molecular complexity index is 1310. The Kier molecular flexibility index (Phi) is 6.75. The summed E-state index contributed by atoms with van der Waals surface area (Å²) in [5.41, 5.74) is 8.85.